The lowest BCUT2D eigenvalue weighted by molar-refractivity contribution is 0.0861. The number of nitrogens with zero attached hydrogens (tertiary/aromatic N) is 1. The summed E-state index contributed by atoms with van der Waals surface area (Å²) in [7, 11) is 1.96. The lowest BCUT2D eigenvalue weighted by Crippen LogP contribution is -2.29. The molecule has 0 radical (unpaired) electrons. The first-order valence-corrected chi connectivity index (χ1v) is 7.49. The van der Waals surface area contributed by atoms with Crippen molar-refractivity contribution in [2.75, 3.05) is 33.4 Å². The van der Waals surface area contributed by atoms with Crippen molar-refractivity contribution in [3.05, 3.63) is 34.3 Å². The highest BCUT2D eigenvalue weighted by Crippen LogP contribution is 2.28. The number of rotatable bonds is 8. The Hall–Kier alpha value is -0.710. The van der Waals surface area contributed by atoms with Crippen LogP contribution in [0.3, 0.4) is 0 Å². The van der Waals surface area contributed by atoms with Crippen LogP contribution in [0.2, 0.25) is 0 Å². The predicted octanol–water partition coefficient (Wildman–Crippen LogP) is 2.99. The van der Waals surface area contributed by atoms with Crippen molar-refractivity contribution in [3.63, 3.8) is 0 Å². The van der Waals surface area contributed by atoms with E-state index < -0.39 is 0 Å². The van der Waals surface area contributed by atoms with Gasteiger partial charge in [0, 0.05) is 23.2 Å². The highest BCUT2D eigenvalue weighted by atomic mass is 79.9. The van der Waals surface area contributed by atoms with Crippen LogP contribution >= 0.6 is 15.9 Å². The van der Waals surface area contributed by atoms with Gasteiger partial charge in [0.15, 0.2) is 5.78 Å². The standard InChI is InChI=1S/C15H20BrNO2/c1-17(8-9-19-11-12-2-3-12)10-15(18)13-4-6-14(16)7-5-13/h4-7,12H,2-3,8-11H2,1H3. The molecule has 0 amide bonds. The second-order valence-electron chi connectivity index (χ2n) is 5.19. The van der Waals surface area contributed by atoms with Crippen molar-refractivity contribution in [1.29, 1.82) is 0 Å². The highest BCUT2D eigenvalue weighted by Gasteiger charge is 2.21. The van der Waals surface area contributed by atoms with Gasteiger partial charge in [0.1, 0.15) is 0 Å². The SMILES string of the molecule is CN(CCOCC1CC1)CC(=O)c1ccc(Br)cc1. The second kappa shape index (κ2) is 7.17. The van der Waals surface area contributed by atoms with Gasteiger partial charge in [0.05, 0.1) is 13.2 Å². The van der Waals surface area contributed by atoms with Gasteiger partial charge in [-0.05, 0) is 37.9 Å². The van der Waals surface area contributed by atoms with Crippen molar-refractivity contribution in [1.82, 2.24) is 4.90 Å². The van der Waals surface area contributed by atoms with E-state index in [-0.39, 0.29) is 5.78 Å². The van der Waals surface area contributed by atoms with E-state index in [4.69, 9.17) is 4.74 Å². The van der Waals surface area contributed by atoms with E-state index in [0.29, 0.717) is 13.2 Å². The third kappa shape index (κ3) is 5.43. The number of ketones is 1. The van der Waals surface area contributed by atoms with Crippen LogP contribution in [0.5, 0.6) is 0 Å². The number of carbonyl (C=O) groups excluding carboxylic acids is 1. The molecule has 0 heterocycles. The monoisotopic (exact) mass is 325 g/mol. The van der Waals surface area contributed by atoms with Gasteiger partial charge in [-0.3, -0.25) is 9.69 Å². The van der Waals surface area contributed by atoms with Gasteiger partial charge in [-0.1, -0.05) is 28.1 Å². The molecule has 104 valence electrons. The van der Waals surface area contributed by atoms with E-state index in [1.54, 1.807) is 0 Å². The summed E-state index contributed by atoms with van der Waals surface area (Å²) in [6, 6.07) is 7.49. The summed E-state index contributed by atoms with van der Waals surface area (Å²) in [4.78, 5) is 14.0. The molecule has 19 heavy (non-hydrogen) atoms. The topological polar surface area (TPSA) is 29.5 Å². The van der Waals surface area contributed by atoms with Gasteiger partial charge in [-0.15, -0.1) is 0 Å². The molecule has 0 unspecified atom stereocenters. The number of ether oxygens (including phenoxy) is 1. The molecule has 0 spiro atoms. The third-order valence-corrected chi connectivity index (χ3v) is 3.78. The maximum Gasteiger partial charge on any atom is 0.176 e. The molecule has 0 aromatic heterocycles. The number of hydrogen-bond donors (Lipinski definition) is 0. The summed E-state index contributed by atoms with van der Waals surface area (Å²) in [6.07, 6.45) is 2.63. The average Bonchev–Trinajstić information content (AvgIpc) is 3.19. The zero-order valence-corrected chi connectivity index (χ0v) is 12.9. The van der Waals surface area contributed by atoms with Gasteiger partial charge >= 0.3 is 0 Å². The molecule has 1 saturated carbocycles. The van der Waals surface area contributed by atoms with E-state index in [1.807, 2.05) is 36.2 Å². The van der Waals surface area contributed by atoms with Crippen LogP contribution in [-0.2, 0) is 4.74 Å². The maximum absolute atomic E-state index is 12.0. The summed E-state index contributed by atoms with van der Waals surface area (Å²) in [5.41, 5.74) is 0.758. The minimum absolute atomic E-state index is 0.150. The fourth-order valence-corrected chi connectivity index (χ4v) is 2.07. The van der Waals surface area contributed by atoms with Gasteiger partial charge in [0.2, 0.25) is 0 Å². The van der Waals surface area contributed by atoms with E-state index in [9.17, 15) is 4.79 Å². The molecule has 0 aliphatic heterocycles. The van der Waals surface area contributed by atoms with Crippen molar-refractivity contribution >= 4 is 21.7 Å². The molecule has 1 aliphatic carbocycles. The molecule has 1 fully saturated rings. The largest absolute Gasteiger partial charge is 0.380 e. The molecule has 0 saturated heterocycles. The van der Waals surface area contributed by atoms with Gasteiger partial charge in [-0.25, -0.2) is 0 Å². The van der Waals surface area contributed by atoms with Crippen molar-refractivity contribution < 1.29 is 9.53 Å². The van der Waals surface area contributed by atoms with Crippen LogP contribution in [0.1, 0.15) is 23.2 Å². The second-order valence-corrected chi connectivity index (χ2v) is 6.10. The molecule has 1 aromatic rings. The Bertz CT molecular complexity index is 415. The van der Waals surface area contributed by atoms with Crippen molar-refractivity contribution in [2.24, 2.45) is 5.92 Å². The minimum Gasteiger partial charge on any atom is -0.380 e. The predicted molar refractivity (Wildman–Crippen MR) is 79.5 cm³/mol. The summed E-state index contributed by atoms with van der Waals surface area (Å²) in [5, 5.41) is 0. The number of benzene rings is 1. The zero-order chi connectivity index (χ0) is 13.7. The summed E-state index contributed by atoms with van der Waals surface area (Å²) in [5.74, 6) is 0.951. The molecule has 3 nitrogen and oxygen atoms in total. The lowest BCUT2D eigenvalue weighted by Gasteiger charge is -2.15. The first kappa shape index (κ1) is 14.7. The lowest BCUT2D eigenvalue weighted by atomic mass is 10.1. The molecule has 4 heteroatoms. The Morgan fingerprint density at radius 2 is 2.05 bits per heavy atom. The zero-order valence-electron chi connectivity index (χ0n) is 11.3. The Morgan fingerprint density at radius 3 is 2.68 bits per heavy atom. The highest BCUT2D eigenvalue weighted by molar-refractivity contribution is 9.10. The Kier molecular flexibility index (Phi) is 5.55. The molecule has 1 aromatic carbocycles. The van der Waals surface area contributed by atoms with Crippen LogP contribution in [-0.4, -0.2) is 44.0 Å². The van der Waals surface area contributed by atoms with E-state index >= 15 is 0 Å². The first-order chi connectivity index (χ1) is 9.15. The van der Waals surface area contributed by atoms with E-state index in [1.165, 1.54) is 12.8 Å². The number of carbonyl (C=O) groups is 1. The first-order valence-electron chi connectivity index (χ1n) is 6.70. The number of halogens is 1. The quantitative estimate of drug-likeness (QED) is 0.543. The Labute approximate surface area is 123 Å². The van der Waals surface area contributed by atoms with Gasteiger partial charge < -0.3 is 4.74 Å². The van der Waals surface area contributed by atoms with E-state index in [2.05, 4.69) is 15.9 Å². The molecule has 0 bridgehead atoms. The Balaban J connectivity index is 1.66. The molecule has 0 atom stereocenters. The van der Waals surface area contributed by atoms with Crippen molar-refractivity contribution in [2.45, 2.75) is 12.8 Å². The normalized spacial score (nSPS) is 14.9. The molecule has 2 rings (SSSR count). The fraction of sp³-hybridized carbons (Fsp3) is 0.533. The summed E-state index contributed by atoms with van der Waals surface area (Å²) in [6.45, 7) is 2.83. The van der Waals surface area contributed by atoms with Crippen LogP contribution in [0, 0.1) is 5.92 Å². The number of Topliss-reactive ketones (excluding diaryl/α,β-unsaturated/α-hetero) is 1. The summed E-state index contributed by atoms with van der Waals surface area (Å²) >= 11 is 3.37. The Morgan fingerprint density at radius 1 is 1.37 bits per heavy atom. The molecule has 1 aliphatic rings. The smallest absolute Gasteiger partial charge is 0.176 e. The van der Waals surface area contributed by atoms with Gasteiger partial charge in [-0.2, -0.15) is 0 Å². The molecule has 0 N–H and O–H groups in total. The number of hydrogen-bond acceptors (Lipinski definition) is 3. The number of likely N-dealkylation sites (N-methyl/N-ethyl adjacent to an activating group) is 1. The fourth-order valence-electron chi connectivity index (χ4n) is 1.81. The van der Waals surface area contributed by atoms with Crippen molar-refractivity contribution in [3.8, 4) is 0 Å². The van der Waals surface area contributed by atoms with E-state index in [0.717, 1.165) is 29.1 Å². The third-order valence-electron chi connectivity index (χ3n) is 3.25. The van der Waals surface area contributed by atoms with Crippen LogP contribution in [0.4, 0.5) is 0 Å². The van der Waals surface area contributed by atoms with Crippen LogP contribution in [0.25, 0.3) is 0 Å². The van der Waals surface area contributed by atoms with Gasteiger partial charge in [0.25, 0.3) is 0 Å². The molecular weight excluding hydrogens is 306 g/mol. The molecular formula is C15H20BrNO2. The average molecular weight is 326 g/mol. The minimum atomic E-state index is 0.150. The maximum atomic E-state index is 12.0. The summed E-state index contributed by atoms with van der Waals surface area (Å²) < 4.78 is 6.56. The van der Waals surface area contributed by atoms with Crippen LogP contribution in [0.15, 0.2) is 28.7 Å². The van der Waals surface area contributed by atoms with Crippen LogP contribution < -0.4 is 0 Å².